The van der Waals surface area contributed by atoms with Crippen molar-refractivity contribution < 1.29 is 23.9 Å². The predicted octanol–water partition coefficient (Wildman–Crippen LogP) is 1.77. The molecule has 0 aliphatic rings. The highest BCUT2D eigenvalue weighted by Gasteiger charge is 2.16. The third kappa shape index (κ3) is 5.09. The molecule has 2 heterocycles. The summed E-state index contributed by atoms with van der Waals surface area (Å²) in [7, 11) is 0. The highest BCUT2D eigenvalue weighted by atomic mass is 16.6. The van der Waals surface area contributed by atoms with Crippen LogP contribution in [0.5, 0.6) is 0 Å². The van der Waals surface area contributed by atoms with E-state index in [1.165, 1.54) is 43.0 Å². The van der Waals surface area contributed by atoms with Gasteiger partial charge in [-0.3, -0.25) is 20.2 Å². The van der Waals surface area contributed by atoms with Gasteiger partial charge in [-0.05, 0) is 24.3 Å². The van der Waals surface area contributed by atoms with E-state index in [2.05, 4.69) is 14.7 Å². The van der Waals surface area contributed by atoms with E-state index in [9.17, 15) is 14.4 Å². The van der Waals surface area contributed by atoms with Gasteiger partial charge in [0.25, 0.3) is 0 Å². The molecule has 2 rings (SSSR count). The molecule has 0 aliphatic heterocycles. The number of carbonyl (C=O) groups is 3. The Bertz CT molecular complexity index is 681. The molecule has 0 aromatic carbocycles. The van der Waals surface area contributed by atoms with Crippen molar-refractivity contribution in [1.29, 1.82) is 5.41 Å². The highest BCUT2D eigenvalue weighted by molar-refractivity contribution is 5.99. The fourth-order valence-electron chi connectivity index (χ4n) is 1.62. The van der Waals surface area contributed by atoms with Crippen LogP contribution in [-0.4, -0.2) is 33.8 Å². The van der Waals surface area contributed by atoms with E-state index in [1.807, 2.05) is 0 Å². The molecule has 24 heavy (non-hydrogen) atoms. The van der Waals surface area contributed by atoms with Crippen LogP contribution in [0.15, 0.2) is 49.1 Å². The van der Waals surface area contributed by atoms with Crippen molar-refractivity contribution in [2.24, 2.45) is 0 Å². The topological polar surface area (TPSA) is 119 Å². The number of hydrogen-bond acceptors (Lipinski definition) is 8. The zero-order valence-corrected chi connectivity index (χ0v) is 12.5. The molecule has 0 amide bonds. The van der Waals surface area contributed by atoms with Gasteiger partial charge in [-0.2, -0.15) is 0 Å². The minimum absolute atomic E-state index is 0.143. The van der Waals surface area contributed by atoms with Crippen LogP contribution in [0.25, 0.3) is 0 Å². The maximum Gasteiger partial charge on any atom is 0.347 e. The van der Waals surface area contributed by atoms with Crippen molar-refractivity contribution in [2.75, 3.05) is 0 Å². The van der Waals surface area contributed by atoms with Crippen LogP contribution >= 0.6 is 0 Å². The minimum Gasteiger partial charge on any atom is -0.409 e. The molecule has 0 spiro atoms. The number of rotatable bonds is 5. The van der Waals surface area contributed by atoms with E-state index in [0.717, 1.165) is 0 Å². The number of pyridine rings is 2. The Kier molecular flexibility index (Phi) is 5.84. The number of hydrogen-bond donors (Lipinski definition) is 1. The summed E-state index contributed by atoms with van der Waals surface area (Å²) in [6, 6.07) is 6.04. The summed E-state index contributed by atoms with van der Waals surface area (Å²) in [6.07, 6.45) is 5.11. The minimum atomic E-state index is -0.828. The molecule has 8 heteroatoms. The van der Waals surface area contributed by atoms with Crippen molar-refractivity contribution >= 4 is 23.8 Å². The largest absolute Gasteiger partial charge is 0.409 e. The van der Waals surface area contributed by atoms with Crippen molar-refractivity contribution in [2.45, 2.75) is 12.8 Å². The van der Waals surface area contributed by atoms with E-state index in [4.69, 9.17) is 10.1 Å². The molecular formula is C16H13N3O5. The Labute approximate surface area is 137 Å². The SMILES string of the molecule is N=C(CCC(=O)OC(=O)c1cccnc1)OC(=O)c1cccnc1. The molecule has 8 nitrogen and oxygen atoms in total. The lowest BCUT2D eigenvalue weighted by molar-refractivity contribution is -0.137. The normalized spacial score (nSPS) is 9.83. The lowest BCUT2D eigenvalue weighted by atomic mass is 10.3. The number of esters is 3. The van der Waals surface area contributed by atoms with Gasteiger partial charge in [-0.25, -0.2) is 9.59 Å². The quantitative estimate of drug-likeness (QED) is 0.384. The molecule has 0 aliphatic carbocycles. The van der Waals surface area contributed by atoms with E-state index in [-0.39, 0.29) is 24.0 Å². The average Bonchev–Trinajstić information content (AvgIpc) is 2.61. The Morgan fingerprint density at radius 2 is 1.42 bits per heavy atom. The smallest absolute Gasteiger partial charge is 0.347 e. The fraction of sp³-hybridized carbons (Fsp3) is 0.125. The molecule has 0 saturated carbocycles. The number of ether oxygens (including phenoxy) is 2. The van der Waals surface area contributed by atoms with Crippen LogP contribution in [0.3, 0.4) is 0 Å². The molecule has 0 atom stereocenters. The van der Waals surface area contributed by atoms with Crippen molar-refractivity contribution in [1.82, 2.24) is 9.97 Å². The molecule has 0 fully saturated rings. The predicted molar refractivity (Wildman–Crippen MR) is 81.3 cm³/mol. The van der Waals surface area contributed by atoms with Crippen molar-refractivity contribution in [3.63, 3.8) is 0 Å². The van der Waals surface area contributed by atoms with Crippen LogP contribution in [0.1, 0.15) is 33.6 Å². The summed E-state index contributed by atoms with van der Waals surface area (Å²) >= 11 is 0. The first-order chi connectivity index (χ1) is 11.6. The average molecular weight is 327 g/mol. The Morgan fingerprint density at radius 3 is 1.92 bits per heavy atom. The van der Waals surface area contributed by atoms with Crippen molar-refractivity contribution in [3.8, 4) is 0 Å². The van der Waals surface area contributed by atoms with Crippen LogP contribution in [-0.2, 0) is 14.3 Å². The Balaban J connectivity index is 1.76. The van der Waals surface area contributed by atoms with Crippen LogP contribution < -0.4 is 0 Å². The van der Waals surface area contributed by atoms with Gasteiger partial charge in [0.05, 0.1) is 17.5 Å². The third-order valence-corrected chi connectivity index (χ3v) is 2.77. The van der Waals surface area contributed by atoms with E-state index in [1.54, 1.807) is 6.07 Å². The molecule has 0 saturated heterocycles. The van der Waals surface area contributed by atoms with E-state index >= 15 is 0 Å². The third-order valence-electron chi connectivity index (χ3n) is 2.77. The summed E-state index contributed by atoms with van der Waals surface area (Å²) in [5.41, 5.74) is 0.334. The zero-order chi connectivity index (χ0) is 17.4. The second kappa shape index (κ2) is 8.28. The number of nitrogens with one attached hydrogen (secondary N) is 1. The van der Waals surface area contributed by atoms with Crippen molar-refractivity contribution in [3.05, 3.63) is 60.2 Å². The second-order valence-electron chi connectivity index (χ2n) is 4.56. The maximum atomic E-state index is 11.7. The van der Waals surface area contributed by atoms with E-state index < -0.39 is 23.8 Å². The van der Waals surface area contributed by atoms with Crippen LogP contribution in [0, 0.1) is 5.41 Å². The summed E-state index contributed by atoms with van der Waals surface area (Å²) in [5.74, 6) is -2.81. The van der Waals surface area contributed by atoms with Crippen LogP contribution in [0.4, 0.5) is 0 Å². The van der Waals surface area contributed by atoms with Gasteiger partial charge in [0.15, 0.2) is 5.90 Å². The van der Waals surface area contributed by atoms with E-state index in [0.29, 0.717) is 0 Å². The van der Waals surface area contributed by atoms with Crippen LogP contribution in [0.2, 0.25) is 0 Å². The Morgan fingerprint density at radius 1 is 0.875 bits per heavy atom. The maximum absolute atomic E-state index is 11.7. The first-order valence-corrected chi connectivity index (χ1v) is 6.91. The summed E-state index contributed by atoms with van der Waals surface area (Å²) < 4.78 is 9.39. The molecule has 0 radical (unpaired) electrons. The first kappa shape index (κ1) is 16.9. The summed E-state index contributed by atoms with van der Waals surface area (Å²) in [5, 5.41) is 7.54. The van der Waals surface area contributed by atoms with Gasteiger partial charge in [0.1, 0.15) is 0 Å². The molecule has 0 unspecified atom stereocenters. The van der Waals surface area contributed by atoms with Gasteiger partial charge in [-0.15, -0.1) is 0 Å². The molecule has 2 aromatic rings. The van der Waals surface area contributed by atoms with Gasteiger partial charge in [0, 0.05) is 31.2 Å². The zero-order valence-electron chi connectivity index (χ0n) is 12.5. The Hall–Kier alpha value is -3.42. The molecule has 1 N–H and O–H groups in total. The fourth-order valence-corrected chi connectivity index (χ4v) is 1.62. The summed E-state index contributed by atoms with van der Waals surface area (Å²) in [6.45, 7) is 0. The lowest BCUT2D eigenvalue weighted by Crippen LogP contribution is -2.16. The van der Waals surface area contributed by atoms with Gasteiger partial charge < -0.3 is 9.47 Å². The summed E-state index contributed by atoms with van der Waals surface area (Å²) in [4.78, 5) is 42.4. The molecular weight excluding hydrogens is 314 g/mol. The number of carbonyl (C=O) groups excluding carboxylic acids is 3. The van der Waals surface area contributed by atoms with Gasteiger partial charge >= 0.3 is 17.9 Å². The molecule has 2 aromatic heterocycles. The lowest BCUT2D eigenvalue weighted by Gasteiger charge is -2.05. The molecule has 0 bridgehead atoms. The highest BCUT2D eigenvalue weighted by Crippen LogP contribution is 2.05. The second-order valence-corrected chi connectivity index (χ2v) is 4.56. The number of aromatic nitrogens is 2. The first-order valence-electron chi connectivity index (χ1n) is 6.91. The van der Waals surface area contributed by atoms with Gasteiger partial charge in [-0.1, -0.05) is 0 Å². The number of nitrogens with zero attached hydrogens (tertiary/aromatic N) is 2. The standard InChI is InChI=1S/C16H13N3O5/c17-13(23-15(21)11-3-1-7-18-9-11)5-6-14(20)24-16(22)12-4-2-8-19-10-12/h1-4,7-10,17H,5-6H2. The van der Waals surface area contributed by atoms with Gasteiger partial charge in [0.2, 0.25) is 0 Å². The monoisotopic (exact) mass is 327 g/mol. The molecule has 122 valence electrons.